The summed E-state index contributed by atoms with van der Waals surface area (Å²) in [7, 11) is 0. The van der Waals surface area contributed by atoms with Crippen LogP contribution in [0.4, 0.5) is 13.2 Å². The molecule has 3 rings (SSSR count). The van der Waals surface area contributed by atoms with Gasteiger partial charge in [-0.1, -0.05) is 24.6 Å². The molecule has 2 aliphatic carbocycles. The first kappa shape index (κ1) is 16.8. The molecule has 0 bridgehead atoms. The molecular weight excluding hydrogens is 321 g/mol. The molecule has 0 saturated heterocycles. The largest absolute Gasteiger partial charge is 0.416 e. The Balaban J connectivity index is 1.76. The highest BCUT2D eigenvalue weighted by atomic mass is 19.4. The molecule has 0 aromatic heterocycles. The average Bonchev–Trinajstić information content (AvgIpc) is 3.27. The van der Waals surface area contributed by atoms with Gasteiger partial charge in [0.1, 0.15) is 5.41 Å². The summed E-state index contributed by atoms with van der Waals surface area (Å²) in [5.41, 5.74) is 3.56. The van der Waals surface area contributed by atoms with Crippen LogP contribution >= 0.6 is 0 Å². The van der Waals surface area contributed by atoms with Crippen molar-refractivity contribution in [3.63, 3.8) is 0 Å². The number of carbonyl (C=O) groups is 2. The Morgan fingerprint density at radius 3 is 2.29 bits per heavy atom. The number of alkyl halides is 3. The Hall–Kier alpha value is -2.05. The monoisotopic (exact) mass is 340 g/mol. The topological polar surface area (TPSA) is 72.2 Å². The zero-order valence-corrected chi connectivity index (χ0v) is 13.1. The second-order valence-corrected chi connectivity index (χ2v) is 6.84. The van der Waals surface area contributed by atoms with Crippen LogP contribution in [0.1, 0.15) is 43.2 Å². The summed E-state index contributed by atoms with van der Waals surface area (Å²) >= 11 is 0. The molecule has 0 aliphatic heterocycles. The summed E-state index contributed by atoms with van der Waals surface area (Å²) in [4.78, 5) is 23.6. The second-order valence-electron chi connectivity index (χ2n) is 6.84. The van der Waals surface area contributed by atoms with E-state index in [1.54, 1.807) is 6.07 Å². The van der Waals surface area contributed by atoms with Crippen LogP contribution in [0.3, 0.4) is 0 Å². The van der Waals surface area contributed by atoms with Crippen molar-refractivity contribution < 1.29 is 22.8 Å². The van der Waals surface area contributed by atoms with E-state index in [1.807, 2.05) is 0 Å². The van der Waals surface area contributed by atoms with Gasteiger partial charge in [0.2, 0.25) is 11.8 Å². The Morgan fingerprint density at radius 2 is 1.83 bits per heavy atom. The van der Waals surface area contributed by atoms with Crippen molar-refractivity contribution in [1.82, 2.24) is 5.32 Å². The van der Waals surface area contributed by atoms with Crippen LogP contribution in [0.25, 0.3) is 0 Å². The predicted octanol–water partition coefficient (Wildman–Crippen LogP) is 2.51. The van der Waals surface area contributed by atoms with E-state index >= 15 is 0 Å². The van der Waals surface area contributed by atoms with Gasteiger partial charge in [0.05, 0.1) is 5.56 Å². The second kappa shape index (κ2) is 5.50. The molecule has 4 nitrogen and oxygen atoms in total. The van der Waals surface area contributed by atoms with E-state index in [1.165, 1.54) is 6.07 Å². The molecule has 2 saturated carbocycles. The van der Waals surface area contributed by atoms with Gasteiger partial charge in [0, 0.05) is 12.0 Å². The Kier molecular flexibility index (Phi) is 3.85. The first-order chi connectivity index (χ1) is 11.2. The van der Waals surface area contributed by atoms with E-state index in [2.05, 4.69) is 5.32 Å². The standard InChI is InChI=1S/C17H19F3N2O2/c18-17(19,20)12-4-1-3-11(9-12)15(5-2-6-15)10-22-14(24)16(7-8-16)13(21)23/h1,3-4,9H,2,5-8,10H2,(H2,21,23)(H,22,24). The SMILES string of the molecule is NC(=O)C1(C(=O)NCC2(c3cccc(C(F)(F)F)c3)CCC2)CC1. The average molecular weight is 340 g/mol. The van der Waals surface area contributed by atoms with Gasteiger partial charge >= 0.3 is 6.18 Å². The van der Waals surface area contributed by atoms with Crippen molar-refractivity contribution in [1.29, 1.82) is 0 Å². The van der Waals surface area contributed by atoms with Crippen LogP contribution in [0, 0.1) is 5.41 Å². The third kappa shape index (κ3) is 2.76. The lowest BCUT2D eigenvalue weighted by molar-refractivity contribution is -0.138. The summed E-state index contributed by atoms with van der Waals surface area (Å²) in [5, 5.41) is 2.75. The molecule has 1 aromatic rings. The Morgan fingerprint density at radius 1 is 1.17 bits per heavy atom. The predicted molar refractivity (Wildman–Crippen MR) is 80.8 cm³/mol. The van der Waals surface area contributed by atoms with Crippen molar-refractivity contribution in [2.75, 3.05) is 6.54 Å². The maximum atomic E-state index is 12.9. The van der Waals surface area contributed by atoms with Crippen molar-refractivity contribution in [3.8, 4) is 0 Å². The highest BCUT2D eigenvalue weighted by molar-refractivity contribution is 6.07. The van der Waals surface area contributed by atoms with E-state index in [0.29, 0.717) is 31.2 Å². The maximum absolute atomic E-state index is 12.9. The number of nitrogens with two attached hydrogens (primary N) is 1. The third-order valence-corrected chi connectivity index (χ3v) is 5.36. The molecule has 130 valence electrons. The van der Waals surface area contributed by atoms with Crippen LogP contribution < -0.4 is 11.1 Å². The number of rotatable bonds is 5. The van der Waals surface area contributed by atoms with Crippen molar-refractivity contribution in [3.05, 3.63) is 35.4 Å². The molecule has 0 unspecified atom stereocenters. The minimum absolute atomic E-state index is 0.224. The summed E-state index contributed by atoms with van der Waals surface area (Å²) < 4.78 is 38.8. The zero-order chi connectivity index (χ0) is 17.6. The summed E-state index contributed by atoms with van der Waals surface area (Å²) in [6.45, 7) is 0.224. The van der Waals surface area contributed by atoms with Crippen LogP contribution in [-0.2, 0) is 21.2 Å². The van der Waals surface area contributed by atoms with Gasteiger partial charge in [-0.2, -0.15) is 13.2 Å². The zero-order valence-electron chi connectivity index (χ0n) is 13.1. The maximum Gasteiger partial charge on any atom is 0.416 e. The number of carbonyl (C=O) groups excluding carboxylic acids is 2. The quantitative estimate of drug-likeness (QED) is 0.809. The lowest BCUT2D eigenvalue weighted by Gasteiger charge is -2.43. The molecule has 7 heteroatoms. The molecule has 0 atom stereocenters. The number of nitrogens with one attached hydrogen (secondary N) is 1. The van der Waals surface area contributed by atoms with Gasteiger partial charge in [0.25, 0.3) is 0 Å². The molecule has 2 amide bonds. The Bertz CT molecular complexity index is 677. The fourth-order valence-corrected chi connectivity index (χ4v) is 3.33. The molecule has 2 fully saturated rings. The first-order valence-corrected chi connectivity index (χ1v) is 7.96. The third-order valence-electron chi connectivity index (χ3n) is 5.36. The molecule has 0 heterocycles. The number of amides is 2. The Labute approximate surface area is 137 Å². The number of benzene rings is 1. The van der Waals surface area contributed by atoms with Crippen LogP contribution in [0.2, 0.25) is 0 Å². The number of primary amides is 1. The van der Waals surface area contributed by atoms with Gasteiger partial charge < -0.3 is 11.1 Å². The van der Waals surface area contributed by atoms with Crippen LogP contribution in [0.5, 0.6) is 0 Å². The highest BCUT2D eigenvalue weighted by Gasteiger charge is 2.55. The smallest absolute Gasteiger partial charge is 0.369 e. The van der Waals surface area contributed by atoms with E-state index in [-0.39, 0.29) is 6.54 Å². The lowest BCUT2D eigenvalue weighted by Crippen LogP contribution is -2.49. The fraction of sp³-hybridized carbons (Fsp3) is 0.529. The molecule has 0 radical (unpaired) electrons. The van der Waals surface area contributed by atoms with Crippen molar-refractivity contribution >= 4 is 11.8 Å². The lowest BCUT2D eigenvalue weighted by atomic mass is 9.64. The van der Waals surface area contributed by atoms with E-state index in [9.17, 15) is 22.8 Å². The molecule has 0 spiro atoms. The normalized spacial score (nSPS) is 20.8. The number of halogens is 3. The van der Waals surface area contributed by atoms with Gasteiger partial charge in [-0.3, -0.25) is 9.59 Å². The highest BCUT2D eigenvalue weighted by Crippen LogP contribution is 2.47. The van der Waals surface area contributed by atoms with Crippen molar-refractivity contribution in [2.24, 2.45) is 11.1 Å². The van der Waals surface area contributed by atoms with Gasteiger partial charge in [-0.05, 0) is 37.3 Å². The van der Waals surface area contributed by atoms with Gasteiger partial charge in [-0.15, -0.1) is 0 Å². The molecular formula is C17H19F3N2O2. The minimum atomic E-state index is -4.39. The fourth-order valence-electron chi connectivity index (χ4n) is 3.33. The molecule has 1 aromatic carbocycles. The molecule has 3 N–H and O–H groups in total. The van der Waals surface area contributed by atoms with Crippen molar-refractivity contribution in [2.45, 2.75) is 43.7 Å². The van der Waals surface area contributed by atoms with Gasteiger partial charge in [0.15, 0.2) is 0 Å². The van der Waals surface area contributed by atoms with E-state index in [0.717, 1.165) is 18.6 Å². The number of hydrogen-bond acceptors (Lipinski definition) is 2. The molecule has 24 heavy (non-hydrogen) atoms. The first-order valence-electron chi connectivity index (χ1n) is 7.96. The van der Waals surface area contributed by atoms with E-state index in [4.69, 9.17) is 5.73 Å². The molecule has 2 aliphatic rings. The summed E-state index contributed by atoms with van der Waals surface area (Å²) in [5.74, 6) is -1.05. The minimum Gasteiger partial charge on any atom is -0.369 e. The van der Waals surface area contributed by atoms with Crippen LogP contribution in [-0.4, -0.2) is 18.4 Å². The summed E-state index contributed by atoms with van der Waals surface area (Å²) in [6.07, 6.45) is -1.22. The van der Waals surface area contributed by atoms with Gasteiger partial charge in [-0.25, -0.2) is 0 Å². The summed E-state index contributed by atoms with van der Waals surface area (Å²) in [6, 6.07) is 5.26. The number of hydrogen-bond donors (Lipinski definition) is 2. The van der Waals surface area contributed by atoms with Crippen LogP contribution in [0.15, 0.2) is 24.3 Å². The van der Waals surface area contributed by atoms with E-state index < -0.39 is 34.4 Å².